The maximum Gasteiger partial charge on any atom is 0.253 e. The van der Waals surface area contributed by atoms with Gasteiger partial charge in [-0.3, -0.25) is 9.10 Å². The SMILES string of the molecule is CN(CC(CCN1CCC2(CC1)CN(S(C)(=O)=O)c1ccccc12)c1ccc(Cl)c(Cl)c1)C(=O)c1ccc(F)cc1. The molecule has 2 aliphatic heterocycles. The first-order valence-electron chi connectivity index (χ1n) is 13.7. The number of carbonyl (C=O) groups is 1. The number of halogens is 3. The van der Waals surface area contributed by atoms with Gasteiger partial charge < -0.3 is 9.80 Å². The van der Waals surface area contributed by atoms with Crippen molar-refractivity contribution in [3.8, 4) is 0 Å². The first-order chi connectivity index (χ1) is 19.5. The van der Waals surface area contributed by atoms with Crippen molar-refractivity contribution >= 4 is 44.8 Å². The van der Waals surface area contributed by atoms with E-state index in [2.05, 4.69) is 11.0 Å². The predicted octanol–water partition coefficient (Wildman–Crippen LogP) is 6.19. The van der Waals surface area contributed by atoms with E-state index in [9.17, 15) is 17.6 Å². The Morgan fingerprint density at radius 3 is 2.37 bits per heavy atom. The van der Waals surface area contributed by atoms with Gasteiger partial charge in [-0.05, 0) is 92.5 Å². The molecule has 5 rings (SSSR count). The monoisotopic (exact) mass is 617 g/mol. The average Bonchev–Trinajstić information content (AvgIpc) is 3.28. The number of likely N-dealkylation sites (N-methyl/N-ethyl adjacent to an activating group) is 1. The number of fused-ring (bicyclic) bond motifs is 2. The zero-order chi connectivity index (χ0) is 29.4. The number of piperidine rings is 1. The van der Waals surface area contributed by atoms with E-state index in [0.29, 0.717) is 28.7 Å². The summed E-state index contributed by atoms with van der Waals surface area (Å²) in [6.45, 7) is 3.47. The third kappa shape index (κ3) is 6.41. The second-order valence-electron chi connectivity index (χ2n) is 11.3. The first-order valence-corrected chi connectivity index (χ1v) is 16.3. The van der Waals surface area contributed by atoms with Crippen LogP contribution in [0.4, 0.5) is 10.1 Å². The molecule has 2 aliphatic rings. The Morgan fingerprint density at radius 2 is 1.71 bits per heavy atom. The van der Waals surface area contributed by atoms with Crippen LogP contribution in [0.15, 0.2) is 66.7 Å². The van der Waals surface area contributed by atoms with Crippen molar-refractivity contribution < 1.29 is 17.6 Å². The maximum absolute atomic E-state index is 13.4. The number of amides is 1. The molecular weight excluding hydrogens is 584 g/mol. The first kappa shape index (κ1) is 29.8. The fraction of sp³-hybridized carbons (Fsp3) is 0.387. The van der Waals surface area contributed by atoms with Crippen LogP contribution in [0.1, 0.15) is 46.7 Å². The molecule has 3 aromatic carbocycles. The van der Waals surface area contributed by atoms with Crippen molar-refractivity contribution in [2.75, 3.05) is 50.3 Å². The molecule has 218 valence electrons. The summed E-state index contributed by atoms with van der Waals surface area (Å²) in [5.41, 5.74) is 3.18. The summed E-state index contributed by atoms with van der Waals surface area (Å²) < 4.78 is 40.0. The molecule has 1 saturated heterocycles. The molecule has 0 aromatic heterocycles. The minimum atomic E-state index is -3.36. The third-order valence-electron chi connectivity index (χ3n) is 8.54. The highest BCUT2D eigenvalue weighted by Gasteiger charge is 2.46. The summed E-state index contributed by atoms with van der Waals surface area (Å²) in [4.78, 5) is 17.2. The largest absolute Gasteiger partial charge is 0.341 e. The summed E-state index contributed by atoms with van der Waals surface area (Å²) in [5.74, 6) is -0.556. The Balaban J connectivity index is 1.28. The number of carbonyl (C=O) groups excluding carboxylic acids is 1. The number of nitrogens with zero attached hydrogens (tertiary/aromatic N) is 3. The van der Waals surface area contributed by atoms with Gasteiger partial charge in [0.15, 0.2) is 0 Å². The second kappa shape index (κ2) is 11.9. The molecule has 10 heteroatoms. The van der Waals surface area contributed by atoms with Gasteiger partial charge in [0.1, 0.15) is 5.82 Å². The summed E-state index contributed by atoms with van der Waals surface area (Å²) in [5, 5.41) is 0.947. The normalized spacial score (nSPS) is 17.4. The van der Waals surface area contributed by atoms with Crippen LogP contribution in [0.2, 0.25) is 10.0 Å². The van der Waals surface area contributed by atoms with Gasteiger partial charge in [-0.25, -0.2) is 12.8 Å². The molecule has 2 heterocycles. The fourth-order valence-electron chi connectivity index (χ4n) is 6.21. The van der Waals surface area contributed by atoms with Crippen LogP contribution in [-0.2, 0) is 15.4 Å². The van der Waals surface area contributed by atoms with Crippen LogP contribution in [0.5, 0.6) is 0 Å². The van der Waals surface area contributed by atoms with E-state index in [1.807, 2.05) is 30.3 Å². The van der Waals surface area contributed by atoms with Crippen molar-refractivity contribution in [3.63, 3.8) is 0 Å². The minimum Gasteiger partial charge on any atom is -0.341 e. The summed E-state index contributed by atoms with van der Waals surface area (Å²) >= 11 is 12.6. The van der Waals surface area contributed by atoms with Crippen molar-refractivity contribution in [2.45, 2.75) is 30.6 Å². The number of likely N-dealkylation sites (tertiary alicyclic amines) is 1. The van der Waals surface area contributed by atoms with Crippen LogP contribution in [0.25, 0.3) is 0 Å². The highest BCUT2D eigenvalue weighted by atomic mass is 35.5. The zero-order valence-corrected chi connectivity index (χ0v) is 25.5. The number of sulfonamides is 1. The van der Waals surface area contributed by atoms with Gasteiger partial charge in [-0.1, -0.05) is 47.5 Å². The number of hydrogen-bond acceptors (Lipinski definition) is 4. The Morgan fingerprint density at radius 1 is 1.02 bits per heavy atom. The minimum absolute atomic E-state index is 0.00276. The molecule has 1 fully saturated rings. The number of hydrogen-bond donors (Lipinski definition) is 0. The number of rotatable bonds is 8. The van der Waals surface area contributed by atoms with E-state index in [4.69, 9.17) is 23.2 Å². The molecule has 41 heavy (non-hydrogen) atoms. The van der Waals surface area contributed by atoms with E-state index < -0.39 is 10.0 Å². The number of para-hydroxylation sites is 1. The van der Waals surface area contributed by atoms with Gasteiger partial charge in [-0.15, -0.1) is 0 Å². The van der Waals surface area contributed by atoms with Gasteiger partial charge in [-0.2, -0.15) is 0 Å². The lowest BCUT2D eigenvalue weighted by Gasteiger charge is -2.40. The quantitative estimate of drug-likeness (QED) is 0.302. The Bertz CT molecular complexity index is 1530. The Labute approximate surface area is 251 Å². The van der Waals surface area contributed by atoms with E-state index in [1.165, 1.54) is 30.5 Å². The van der Waals surface area contributed by atoms with Crippen molar-refractivity contribution in [1.82, 2.24) is 9.80 Å². The van der Waals surface area contributed by atoms with Gasteiger partial charge >= 0.3 is 0 Å². The van der Waals surface area contributed by atoms with Crippen LogP contribution in [-0.4, -0.2) is 70.2 Å². The molecule has 0 aliphatic carbocycles. The molecule has 0 radical (unpaired) electrons. The van der Waals surface area contributed by atoms with E-state index in [0.717, 1.165) is 55.7 Å². The van der Waals surface area contributed by atoms with Crippen molar-refractivity contribution in [1.29, 1.82) is 0 Å². The van der Waals surface area contributed by atoms with Gasteiger partial charge in [0.2, 0.25) is 10.0 Å². The van der Waals surface area contributed by atoms with Crippen LogP contribution < -0.4 is 4.31 Å². The van der Waals surface area contributed by atoms with Crippen LogP contribution in [0.3, 0.4) is 0 Å². The van der Waals surface area contributed by atoms with Gasteiger partial charge in [0, 0.05) is 37.0 Å². The van der Waals surface area contributed by atoms with E-state index in [-0.39, 0.29) is 23.1 Å². The van der Waals surface area contributed by atoms with Gasteiger partial charge in [0.05, 0.1) is 22.0 Å². The maximum atomic E-state index is 13.4. The molecule has 0 saturated carbocycles. The third-order valence-corrected chi connectivity index (χ3v) is 10.4. The molecule has 1 spiro atoms. The lowest BCUT2D eigenvalue weighted by molar-refractivity contribution is 0.0780. The van der Waals surface area contributed by atoms with Crippen molar-refractivity contribution in [3.05, 3.63) is 99.3 Å². The fourth-order valence-corrected chi connectivity index (χ4v) is 7.51. The van der Waals surface area contributed by atoms with E-state index >= 15 is 0 Å². The average molecular weight is 619 g/mol. The molecule has 1 amide bonds. The molecule has 1 unspecified atom stereocenters. The van der Waals surface area contributed by atoms with Crippen LogP contribution >= 0.6 is 23.2 Å². The Kier molecular flexibility index (Phi) is 8.67. The summed E-state index contributed by atoms with van der Waals surface area (Å²) in [6, 6.07) is 19.0. The standard InChI is InChI=1S/C31H34Cl2FN3O3S/c1-35(30(38)22-7-10-25(34)11-8-22)20-24(23-9-12-27(32)28(33)19-23)13-16-36-17-14-31(15-18-36)21-37(41(2,39)40)29-6-4-3-5-26(29)31/h3-12,19,24H,13-18,20-21H2,1-2H3. The molecule has 0 bridgehead atoms. The summed E-state index contributed by atoms with van der Waals surface area (Å²) in [7, 11) is -1.60. The second-order valence-corrected chi connectivity index (χ2v) is 14.0. The number of benzene rings is 3. The zero-order valence-electron chi connectivity index (χ0n) is 23.2. The number of anilines is 1. The molecule has 0 N–H and O–H groups in total. The highest BCUT2D eigenvalue weighted by molar-refractivity contribution is 7.92. The van der Waals surface area contributed by atoms with Crippen LogP contribution in [0, 0.1) is 5.82 Å². The molecule has 1 atom stereocenters. The molecular formula is C31H34Cl2FN3O3S. The Hall–Kier alpha value is -2.65. The van der Waals surface area contributed by atoms with E-state index in [1.54, 1.807) is 22.3 Å². The molecule has 6 nitrogen and oxygen atoms in total. The lowest BCUT2D eigenvalue weighted by atomic mass is 9.74. The summed E-state index contributed by atoms with van der Waals surface area (Å²) in [6.07, 6.45) is 3.81. The lowest BCUT2D eigenvalue weighted by Crippen LogP contribution is -2.46. The highest BCUT2D eigenvalue weighted by Crippen LogP contribution is 2.47. The molecule has 3 aromatic rings. The topological polar surface area (TPSA) is 60.9 Å². The predicted molar refractivity (Wildman–Crippen MR) is 163 cm³/mol. The smallest absolute Gasteiger partial charge is 0.253 e. The van der Waals surface area contributed by atoms with Gasteiger partial charge in [0.25, 0.3) is 5.91 Å². The van der Waals surface area contributed by atoms with Crippen molar-refractivity contribution in [2.24, 2.45) is 0 Å².